The van der Waals surface area contributed by atoms with Gasteiger partial charge in [-0.15, -0.1) is 0 Å². The van der Waals surface area contributed by atoms with Gasteiger partial charge in [-0.25, -0.2) is 9.97 Å². The van der Waals surface area contributed by atoms with Crippen LogP contribution in [0.1, 0.15) is 54.5 Å². The van der Waals surface area contributed by atoms with E-state index in [1.54, 1.807) is 18.2 Å². The summed E-state index contributed by atoms with van der Waals surface area (Å²) in [4.78, 5) is 22.4. The highest BCUT2D eigenvalue weighted by Crippen LogP contribution is 2.41. The first-order chi connectivity index (χ1) is 20.2. The second-order valence-corrected chi connectivity index (χ2v) is 11.0. The van der Waals surface area contributed by atoms with Crippen LogP contribution in [0, 0.1) is 5.92 Å². The van der Waals surface area contributed by atoms with Crippen molar-refractivity contribution in [1.82, 2.24) is 14.5 Å². The molecular formula is C36H32ClN3O. The zero-order valence-electron chi connectivity index (χ0n) is 22.9. The highest BCUT2D eigenvalue weighted by molar-refractivity contribution is 6.29. The Morgan fingerprint density at radius 1 is 0.780 bits per heavy atom. The number of carbonyl (C=O) groups is 1. The monoisotopic (exact) mass is 557 g/mol. The minimum atomic E-state index is -0.665. The van der Waals surface area contributed by atoms with Crippen LogP contribution in [0.15, 0.2) is 122 Å². The summed E-state index contributed by atoms with van der Waals surface area (Å²) >= 11 is 6.33. The molecule has 5 heteroatoms. The van der Waals surface area contributed by atoms with Crippen LogP contribution >= 0.6 is 11.6 Å². The van der Waals surface area contributed by atoms with Crippen LogP contribution < -0.4 is 0 Å². The first-order valence-electron chi connectivity index (χ1n) is 14.3. The lowest BCUT2D eigenvalue weighted by Crippen LogP contribution is -2.36. The van der Waals surface area contributed by atoms with Gasteiger partial charge in [0.1, 0.15) is 10.7 Å². The molecule has 0 radical (unpaired) electrons. The molecule has 6 rings (SSSR count). The van der Waals surface area contributed by atoms with Crippen LogP contribution in [0.25, 0.3) is 17.3 Å². The van der Waals surface area contributed by atoms with Gasteiger partial charge in [-0.05, 0) is 53.8 Å². The fourth-order valence-corrected chi connectivity index (χ4v) is 6.26. The molecule has 0 atom stereocenters. The van der Waals surface area contributed by atoms with Crippen molar-refractivity contribution in [2.75, 3.05) is 0 Å². The van der Waals surface area contributed by atoms with Crippen LogP contribution in [0.3, 0.4) is 0 Å². The van der Waals surface area contributed by atoms with E-state index in [1.807, 2.05) is 30.6 Å². The standard InChI is InChI=1S/C36H32ClN3O/c37-35-24-21-31(32(39-35)22-23-34(41)27-13-5-1-6-14-27)33-25-40(26-38-33)36(28-15-7-2-8-16-28,29-17-9-3-10-18-29)30-19-11-4-12-20-30/h2-4,7-12,15-27H,1,5-6,13-14H2/b23-22+. The van der Waals surface area contributed by atoms with E-state index in [9.17, 15) is 4.79 Å². The van der Waals surface area contributed by atoms with E-state index in [0.29, 0.717) is 10.8 Å². The molecule has 0 bridgehead atoms. The third-order valence-corrected chi connectivity index (χ3v) is 8.33. The molecule has 2 heterocycles. The van der Waals surface area contributed by atoms with Gasteiger partial charge in [-0.3, -0.25) is 4.79 Å². The van der Waals surface area contributed by atoms with Crippen LogP contribution in [-0.4, -0.2) is 20.3 Å². The largest absolute Gasteiger partial charge is 0.318 e. The summed E-state index contributed by atoms with van der Waals surface area (Å²) in [7, 11) is 0. The van der Waals surface area contributed by atoms with Gasteiger partial charge in [0, 0.05) is 17.7 Å². The summed E-state index contributed by atoms with van der Waals surface area (Å²) in [5.41, 5.74) is 4.91. The summed E-state index contributed by atoms with van der Waals surface area (Å²) in [6.45, 7) is 0. The van der Waals surface area contributed by atoms with E-state index in [0.717, 1.165) is 53.6 Å². The molecule has 1 aliphatic rings. The van der Waals surface area contributed by atoms with Crippen LogP contribution in [0.4, 0.5) is 0 Å². The molecule has 0 N–H and O–H groups in total. The number of halogens is 1. The topological polar surface area (TPSA) is 47.8 Å². The van der Waals surface area contributed by atoms with Crippen molar-refractivity contribution in [1.29, 1.82) is 0 Å². The van der Waals surface area contributed by atoms with E-state index in [4.69, 9.17) is 16.6 Å². The molecule has 0 aliphatic heterocycles. The van der Waals surface area contributed by atoms with Crippen LogP contribution in [0.5, 0.6) is 0 Å². The average Bonchev–Trinajstić information content (AvgIpc) is 3.52. The third-order valence-electron chi connectivity index (χ3n) is 8.12. The number of allylic oxidation sites excluding steroid dienone is 1. The Labute approximate surface area is 246 Å². The molecule has 1 saturated carbocycles. The van der Waals surface area contributed by atoms with Gasteiger partial charge in [0.25, 0.3) is 0 Å². The second-order valence-electron chi connectivity index (χ2n) is 10.6. The predicted molar refractivity (Wildman–Crippen MR) is 166 cm³/mol. The van der Waals surface area contributed by atoms with Crippen molar-refractivity contribution in [3.8, 4) is 11.3 Å². The van der Waals surface area contributed by atoms with E-state index in [1.165, 1.54) is 6.42 Å². The molecule has 1 aliphatic carbocycles. The Bertz CT molecular complexity index is 1540. The number of hydrogen-bond acceptors (Lipinski definition) is 3. The number of pyridine rings is 1. The molecule has 204 valence electrons. The maximum absolute atomic E-state index is 12.9. The number of imidazole rings is 1. The van der Waals surface area contributed by atoms with Crippen molar-refractivity contribution in [3.05, 3.63) is 149 Å². The first kappa shape index (κ1) is 26.9. The molecule has 41 heavy (non-hydrogen) atoms. The number of hydrogen-bond donors (Lipinski definition) is 0. The highest BCUT2D eigenvalue weighted by atomic mass is 35.5. The normalized spacial score (nSPS) is 14.4. The van der Waals surface area contributed by atoms with Crippen molar-refractivity contribution in [2.45, 2.75) is 37.6 Å². The Balaban J connectivity index is 1.48. The summed E-state index contributed by atoms with van der Waals surface area (Å²) in [5, 5.41) is 0.380. The van der Waals surface area contributed by atoms with Gasteiger partial charge >= 0.3 is 0 Å². The van der Waals surface area contributed by atoms with E-state index in [-0.39, 0.29) is 11.7 Å². The summed E-state index contributed by atoms with van der Waals surface area (Å²) < 4.78 is 2.18. The van der Waals surface area contributed by atoms with Gasteiger partial charge in [-0.1, -0.05) is 122 Å². The second kappa shape index (κ2) is 12.1. The molecular weight excluding hydrogens is 526 g/mol. The van der Waals surface area contributed by atoms with E-state index < -0.39 is 5.54 Å². The average molecular weight is 558 g/mol. The fourth-order valence-electron chi connectivity index (χ4n) is 6.11. The third kappa shape index (κ3) is 5.40. The number of benzene rings is 3. The summed E-state index contributed by atoms with van der Waals surface area (Å²) in [5.74, 6) is 0.268. The SMILES string of the molecule is O=C(/C=C/c1nc(Cl)ccc1-c1cn(C(c2ccccc2)(c2ccccc2)c2ccccc2)cn1)C1CCCCC1. The highest BCUT2D eigenvalue weighted by Gasteiger charge is 2.38. The molecule has 4 nitrogen and oxygen atoms in total. The van der Waals surface area contributed by atoms with Gasteiger partial charge in [0.05, 0.1) is 17.7 Å². The zero-order chi connectivity index (χ0) is 28.1. The van der Waals surface area contributed by atoms with Crippen molar-refractivity contribution in [3.63, 3.8) is 0 Å². The number of nitrogens with zero attached hydrogens (tertiary/aromatic N) is 3. The number of carbonyl (C=O) groups excluding carboxylic acids is 1. The molecule has 2 aromatic heterocycles. The Morgan fingerprint density at radius 3 is 1.90 bits per heavy atom. The van der Waals surface area contributed by atoms with Gasteiger partial charge in [0.2, 0.25) is 0 Å². The van der Waals surface area contributed by atoms with Gasteiger partial charge in [-0.2, -0.15) is 0 Å². The fraction of sp³-hybridized carbons (Fsp3) is 0.194. The minimum absolute atomic E-state index is 0.102. The smallest absolute Gasteiger partial charge is 0.158 e. The summed E-state index contributed by atoms with van der Waals surface area (Å²) in [6.07, 6.45) is 12.8. The van der Waals surface area contributed by atoms with Crippen molar-refractivity contribution >= 4 is 23.5 Å². The number of ketones is 1. The molecule has 0 saturated heterocycles. The first-order valence-corrected chi connectivity index (χ1v) is 14.6. The molecule has 3 aromatic carbocycles. The number of rotatable bonds is 8. The minimum Gasteiger partial charge on any atom is -0.318 e. The van der Waals surface area contributed by atoms with E-state index in [2.05, 4.69) is 88.5 Å². The quantitative estimate of drug-likeness (QED) is 0.109. The van der Waals surface area contributed by atoms with Crippen LogP contribution in [0.2, 0.25) is 5.15 Å². The maximum Gasteiger partial charge on any atom is 0.158 e. The number of aromatic nitrogens is 3. The van der Waals surface area contributed by atoms with Gasteiger partial charge < -0.3 is 4.57 Å². The van der Waals surface area contributed by atoms with E-state index >= 15 is 0 Å². The predicted octanol–water partition coefficient (Wildman–Crippen LogP) is 8.60. The Kier molecular flexibility index (Phi) is 7.93. The van der Waals surface area contributed by atoms with Crippen molar-refractivity contribution < 1.29 is 4.79 Å². The maximum atomic E-state index is 12.9. The molecule has 0 amide bonds. The lowest BCUT2D eigenvalue weighted by molar-refractivity contribution is -0.119. The lowest BCUT2D eigenvalue weighted by atomic mass is 9.77. The molecule has 1 fully saturated rings. The van der Waals surface area contributed by atoms with Crippen molar-refractivity contribution in [2.24, 2.45) is 5.92 Å². The zero-order valence-corrected chi connectivity index (χ0v) is 23.6. The van der Waals surface area contributed by atoms with Gasteiger partial charge in [0.15, 0.2) is 5.78 Å². The lowest BCUT2D eigenvalue weighted by Gasteiger charge is -2.37. The molecule has 0 spiro atoms. The molecule has 0 unspecified atom stereocenters. The Hall–Kier alpha value is -4.28. The summed E-state index contributed by atoms with van der Waals surface area (Å²) in [6, 6.07) is 35.2. The van der Waals surface area contributed by atoms with Crippen LogP contribution in [-0.2, 0) is 10.3 Å². The Morgan fingerprint density at radius 2 is 1.34 bits per heavy atom. The molecule has 5 aromatic rings.